The number of nitrogens with one attached hydrogen (secondary N) is 1. The Hall–Kier alpha value is -0.120. The zero-order valence-electron chi connectivity index (χ0n) is 9.62. The van der Waals surface area contributed by atoms with Gasteiger partial charge in [-0.2, -0.15) is 0 Å². The van der Waals surface area contributed by atoms with Crippen molar-refractivity contribution < 1.29 is 5.11 Å². The second-order valence-electron chi connectivity index (χ2n) is 4.93. The van der Waals surface area contributed by atoms with Crippen LogP contribution in [-0.2, 0) is 0 Å². The minimum Gasteiger partial charge on any atom is -0.395 e. The van der Waals surface area contributed by atoms with Gasteiger partial charge in [0, 0.05) is 19.1 Å². The summed E-state index contributed by atoms with van der Waals surface area (Å²) in [6.07, 6.45) is 6.62. The van der Waals surface area contributed by atoms with Gasteiger partial charge < -0.3 is 10.4 Å². The van der Waals surface area contributed by atoms with E-state index in [2.05, 4.69) is 10.2 Å². The maximum Gasteiger partial charge on any atom is 0.0589 e. The van der Waals surface area contributed by atoms with E-state index >= 15 is 0 Å². The largest absolute Gasteiger partial charge is 0.395 e. The van der Waals surface area contributed by atoms with Gasteiger partial charge >= 0.3 is 0 Å². The fourth-order valence-corrected chi connectivity index (χ4v) is 3.10. The summed E-state index contributed by atoms with van der Waals surface area (Å²) in [5, 5.41) is 13.0. The van der Waals surface area contributed by atoms with E-state index in [1.165, 1.54) is 32.1 Å². The summed E-state index contributed by atoms with van der Waals surface area (Å²) in [6, 6.07) is 0.437. The highest BCUT2D eigenvalue weighted by Crippen LogP contribution is 2.30. The first kappa shape index (κ1) is 11.4. The first-order chi connectivity index (χ1) is 7.42. The fraction of sp³-hybridized carbons (Fsp3) is 1.00. The maximum atomic E-state index is 9.57. The molecule has 0 spiro atoms. The summed E-state index contributed by atoms with van der Waals surface area (Å²) >= 11 is 0. The van der Waals surface area contributed by atoms with E-state index in [-0.39, 0.29) is 0 Å². The lowest BCUT2D eigenvalue weighted by Gasteiger charge is -2.33. The Kier molecular flexibility index (Phi) is 4.42. The van der Waals surface area contributed by atoms with Crippen LogP contribution in [0.5, 0.6) is 0 Å². The third-order valence-electron chi connectivity index (χ3n) is 3.97. The molecule has 2 N–H and O–H groups in total. The van der Waals surface area contributed by atoms with Crippen molar-refractivity contribution in [3.8, 4) is 0 Å². The SMILES string of the molecule is OCC(C1CCCC1)N1CCCNCC1. The van der Waals surface area contributed by atoms with Crippen LogP contribution in [0.25, 0.3) is 0 Å². The third-order valence-corrected chi connectivity index (χ3v) is 3.97. The van der Waals surface area contributed by atoms with Crippen LogP contribution < -0.4 is 5.32 Å². The topological polar surface area (TPSA) is 35.5 Å². The summed E-state index contributed by atoms with van der Waals surface area (Å²) < 4.78 is 0. The molecule has 15 heavy (non-hydrogen) atoms. The van der Waals surface area contributed by atoms with E-state index in [9.17, 15) is 5.11 Å². The summed E-state index contributed by atoms with van der Waals surface area (Å²) in [5.74, 6) is 0.757. The van der Waals surface area contributed by atoms with Crippen LogP contribution in [0.15, 0.2) is 0 Å². The van der Waals surface area contributed by atoms with Gasteiger partial charge in [-0.3, -0.25) is 4.90 Å². The van der Waals surface area contributed by atoms with Gasteiger partial charge in [0.25, 0.3) is 0 Å². The van der Waals surface area contributed by atoms with Crippen LogP contribution in [0.2, 0.25) is 0 Å². The monoisotopic (exact) mass is 212 g/mol. The van der Waals surface area contributed by atoms with Crippen LogP contribution in [0, 0.1) is 5.92 Å². The van der Waals surface area contributed by atoms with Gasteiger partial charge in [-0.1, -0.05) is 12.8 Å². The van der Waals surface area contributed by atoms with Gasteiger partial charge in [0.05, 0.1) is 6.61 Å². The predicted octanol–water partition coefficient (Wildman–Crippen LogP) is 0.833. The predicted molar refractivity (Wildman–Crippen MR) is 61.9 cm³/mol. The highest BCUT2D eigenvalue weighted by atomic mass is 16.3. The molecule has 1 unspecified atom stereocenters. The second kappa shape index (κ2) is 5.83. The summed E-state index contributed by atoms with van der Waals surface area (Å²) in [4.78, 5) is 2.51. The highest BCUT2D eigenvalue weighted by molar-refractivity contribution is 4.83. The summed E-state index contributed by atoms with van der Waals surface area (Å²) in [5.41, 5.74) is 0. The van der Waals surface area contributed by atoms with Gasteiger partial charge in [-0.25, -0.2) is 0 Å². The van der Waals surface area contributed by atoms with Crippen molar-refractivity contribution in [2.24, 2.45) is 5.92 Å². The Morgan fingerprint density at radius 2 is 1.93 bits per heavy atom. The average molecular weight is 212 g/mol. The Morgan fingerprint density at radius 3 is 2.67 bits per heavy atom. The minimum atomic E-state index is 0.352. The maximum absolute atomic E-state index is 9.57. The molecule has 88 valence electrons. The quantitative estimate of drug-likeness (QED) is 0.727. The van der Waals surface area contributed by atoms with Gasteiger partial charge in [0.15, 0.2) is 0 Å². The van der Waals surface area contributed by atoms with Crippen LogP contribution in [0.4, 0.5) is 0 Å². The smallest absolute Gasteiger partial charge is 0.0589 e. The van der Waals surface area contributed by atoms with E-state index in [0.29, 0.717) is 12.6 Å². The molecule has 1 aliphatic carbocycles. The molecule has 0 amide bonds. The van der Waals surface area contributed by atoms with E-state index in [4.69, 9.17) is 0 Å². The van der Waals surface area contributed by atoms with Crippen molar-refractivity contribution in [2.75, 3.05) is 32.8 Å². The van der Waals surface area contributed by atoms with Crippen LogP contribution >= 0.6 is 0 Å². The molecule has 0 aromatic carbocycles. The number of aliphatic hydroxyl groups is 1. The first-order valence-electron chi connectivity index (χ1n) is 6.47. The zero-order chi connectivity index (χ0) is 10.5. The van der Waals surface area contributed by atoms with Gasteiger partial charge in [-0.15, -0.1) is 0 Å². The number of rotatable bonds is 3. The molecule has 0 aromatic rings. The van der Waals surface area contributed by atoms with Crippen LogP contribution in [0.3, 0.4) is 0 Å². The van der Waals surface area contributed by atoms with E-state index in [1.807, 2.05) is 0 Å². The first-order valence-corrected chi connectivity index (χ1v) is 6.47. The third kappa shape index (κ3) is 2.92. The van der Waals surface area contributed by atoms with Crippen molar-refractivity contribution in [1.29, 1.82) is 0 Å². The number of hydrogen-bond donors (Lipinski definition) is 2. The fourth-order valence-electron chi connectivity index (χ4n) is 3.10. The van der Waals surface area contributed by atoms with Crippen molar-refractivity contribution in [2.45, 2.75) is 38.1 Å². The number of hydrogen-bond acceptors (Lipinski definition) is 3. The van der Waals surface area contributed by atoms with E-state index in [1.54, 1.807) is 0 Å². The van der Waals surface area contributed by atoms with Crippen LogP contribution in [-0.4, -0.2) is 48.8 Å². The molecule has 0 radical (unpaired) electrons. The second-order valence-corrected chi connectivity index (χ2v) is 4.93. The lowest BCUT2D eigenvalue weighted by molar-refractivity contribution is 0.0866. The number of nitrogens with zero attached hydrogens (tertiary/aromatic N) is 1. The average Bonchev–Trinajstić information content (AvgIpc) is 2.63. The Morgan fingerprint density at radius 1 is 1.13 bits per heavy atom. The molecule has 2 rings (SSSR count). The van der Waals surface area contributed by atoms with Gasteiger partial charge in [0.1, 0.15) is 0 Å². The van der Waals surface area contributed by atoms with Crippen molar-refractivity contribution in [3.63, 3.8) is 0 Å². The lowest BCUT2D eigenvalue weighted by Crippen LogP contribution is -2.44. The summed E-state index contributed by atoms with van der Waals surface area (Å²) in [7, 11) is 0. The minimum absolute atomic E-state index is 0.352. The Balaban J connectivity index is 1.91. The molecule has 1 saturated heterocycles. The number of aliphatic hydroxyl groups excluding tert-OH is 1. The van der Waals surface area contributed by atoms with Crippen molar-refractivity contribution in [1.82, 2.24) is 10.2 Å². The molecule has 0 bridgehead atoms. The normalized spacial score (nSPS) is 27.8. The summed E-state index contributed by atoms with van der Waals surface area (Å²) in [6.45, 7) is 4.85. The Bertz CT molecular complexity index is 172. The molecular formula is C12H24N2O. The standard InChI is InChI=1S/C12H24N2O/c15-10-12(11-4-1-2-5-11)14-8-3-6-13-7-9-14/h11-13,15H,1-10H2. The van der Waals surface area contributed by atoms with Crippen molar-refractivity contribution in [3.05, 3.63) is 0 Å². The van der Waals surface area contributed by atoms with Gasteiger partial charge in [0.2, 0.25) is 0 Å². The van der Waals surface area contributed by atoms with Gasteiger partial charge in [-0.05, 0) is 38.3 Å². The molecule has 0 aromatic heterocycles. The van der Waals surface area contributed by atoms with Crippen LogP contribution in [0.1, 0.15) is 32.1 Å². The zero-order valence-corrected chi connectivity index (χ0v) is 9.62. The highest BCUT2D eigenvalue weighted by Gasteiger charge is 2.29. The molecule has 1 aliphatic heterocycles. The van der Waals surface area contributed by atoms with E-state index in [0.717, 1.165) is 32.1 Å². The molecule has 1 saturated carbocycles. The molecule has 2 fully saturated rings. The molecule has 3 heteroatoms. The molecular weight excluding hydrogens is 188 g/mol. The van der Waals surface area contributed by atoms with E-state index < -0.39 is 0 Å². The molecule has 1 atom stereocenters. The Labute approximate surface area is 92.8 Å². The van der Waals surface area contributed by atoms with Crippen molar-refractivity contribution >= 4 is 0 Å². The molecule has 2 aliphatic rings. The molecule has 3 nitrogen and oxygen atoms in total. The molecule has 1 heterocycles. The lowest BCUT2D eigenvalue weighted by atomic mass is 9.97.